The van der Waals surface area contributed by atoms with Gasteiger partial charge in [0.05, 0.1) is 16.7 Å². The fraction of sp³-hybridized carbons (Fsp3) is 0.417. The second kappa shape index (κ2) is 4.68. The Morgan fingerprint density at radius 1 is 1.44 bits per heavy atom. The van der Waals surface area contributed by atoms with Crippen LogP contribution in [0.4, 0.5) is 0 Å². The summed E-state index contributed by atoms with van der Waals surface area (Å²) in [5.41, 5.74) is 0.106. The van der Waals surface area contributed by atoms with Gasteiger partial charge in [0.15, 0.2) is 0 Å². The Balaban J connectivity index is 2.42. The third-order valence-electron chi connectivity index (χ3n) is 2.82. The molecule has 2 unspecified atom stereocenters. The van der Waals surface area contributed by atoms with Crippen LogP contribution in [0.5, 0.6) is 0 Å². The second-order valence-corrected chi connectivity index (χ2v) is 4.84. The summed E-state index contributed by atoms with van der Waals surface area (Å²) in [7, 11) is 0. The predicted octanol–water partition coefficient (Wildman–Crippen LogP) is 1.27. The molecule has 0 amide bonds. The highest BCUT2D eigenvalue weighted by Crippen LogP contribution is 2.37. The van der Waals surface area contributed by atoms with Crippen molar-refractivity contribution in [1.82, 2.24) is 0 Å². The lowest BCUT2D eigenvalue weighted by Gasteiger charge is -2.15. The molecule has 5 nitrogen and oxygen atoms in total. The molecule has 2 atom stereocenters. The predicted molar refractivity (Wildman–Crippen MR) is 64.7 cm³/mol. The van der Waals surface area contributed by atoms with Crippen molar-refractivity contribution in [1.29, 1.82) is 0 Å². The highest BCUT2D eigenvalue weighted by atomic mass is 79.9. The number of hydrogen-bond donors (Lipinski definition) is 0. The minimum absolute atomic E-state index is 0.106. The normalized spacial score (nSPS) is 26.7. The van der Waals surface area contributed by atoms with Gasteiger partial charge in [0.25, 0.3) is 0 Å². The van der Waals surface area contributed by atoms with Crippen molar-refractivity contribution in [2.45, 2.75) is 20.0 Å². The number of esters is 1. The van der Waals surface area contributed by atoms with Crippen molar-refractivity contribution < 1.29 is 23.9 Å². The smallest absolute Gasteiger partial charge is 0.317 e. The molecular formula is C12H11BrO5. The van der Waals surface area contributed by atoms with Crippen LogP contribution in [0.1, 0.15) is 13.8 Å². The van der Waals surface area contributed by atoms with E-state index >= 15 is 0 Å². The van der Waals surface area contributed by atoms with Gasteiger partial charge >= 0.3 is 5.97 Å². The van der Waals surface area contributed by atoms with Crippen LogP contribution in [0.2, 0.25) is 0 Å². The lowest BCUT2D eigenvalue weighted by molar-refractivity contribution is -0.149. The molecule has 0 spiro atoms. The average Bonchev–Trinajstić information content (AvgIpc) is 2.63. The van der Waals surface area contributed by atoms with Crippen LogP contribution >= 0.6 is 15.9 Å². The summed E-state index contributed by atoms with van der Waals surface area (Å²) in [6, 6.07) is 0. The van der Waals surface area contributed by atoms with Gasteiger partial charge in [-0.25, -0.2) is 0 Å². The Morgan fingerprint density at radius 3 is 2.72 bits per heavy atom. The molecule has 0 N–H and O–H groups in total. The maximum atomic E-state index is 11.9. The number of Topliss-reactive ketones (excluding diaryl/α,β-unsaturated/α-hetero) is 2. The lowest BCUT2D eigenvalue weighted by Crippen LogP contribution is -2.32. The lowest BCUT2D eigenvalue weighted by atomic mass is 9.88. The molecule has 1 heterocycles. The quantitative estimate of drug-likeness (QED) is 0.436. The van der Waals surface area contributed by atoms with Gasteiger partial charge in [0.2, 0.25) is 11.6 Å². The fourth-order valence-electron chi connectivity index (χ4n) is 2.04. The van der Waals surface area contributed by atoms with Crippen molar-refractivity contribution in [2.75, 3.05) is 6.61 Å². The van der Waals surface area contributed by atoms with Gasteiger partial charge in [-0.1, -0.05) is 0 Å². The van der Waals surface area contributed by atoms with E-state index in [1.54, 1.807) is 13.8 Å². The molecule has 6 heteroatoms. The van der Waals surface area contributed by atoms with E-state index in [2.05, 4.69) is 15.9 Å². The third kappa shape index (κ3) is 1.90. The third-order valence-corrected chi connectivity index (χ3v) is 3.41. The zero-order valence-corrected chi connectivity index (χ0v) is 11.4. The molecule has 18 heavy (non-hydrogen) atoms. The first-order chi connectivity index (χ1) is 8.47. The molecule has 0 fully saturated rings. The van der Waals surface area contributed by atoms with E-state index < -0.39 is 29.6 Å². The summed E-state index contributed by atoms with van der Waals surface area (Å²) in [5, 5.41) is 0. The van der Waals surface area contributed by atoms with E-state index in [1.165, 1.54) is 6.08 Å². The molecule has 0 aromatic rings. The molecule has 1 aliphatic carbocycles. The molecule has 96 valence electrons. The fourth-order valence-corrected chi connectivity index (χ4v) is 2.43. The Bertz CT molecular complexity index is 503. The highest BCUT2D eigenvalue weighted by Gasteiger charge is 2.46. The largest absolute Gasteiger partial charge is 0.489 e. The molecule has 0 saturated heterocycles. The summed E-state index contributed by atoms with van der Waals surface area (Å²) in [4.78, 5) is 35.3. The molecule has 0 saturated carbocycles. The zero-order chi connectivity index (χ0) is 13.4. The molecule has 0 bridgehead atoms. The minimum atomic E-state index is -0.826. The summed E-state index contributed by atoms with van der Waals surface area (Å²) in [6.45, 7) is 3.56. The van der Waals surface area contributed by atoms with Gasteiger partial charge in [0.1, 0.15) is 17.8 Å². The van der Waals surface area contributed by atoms with Crippen molar-refractivity contribution >= 4 is 33.5 Å². The van der Waals surface area contributed by atoms with Crippen molar-refractivity contribution in [2.24, 2.45) is 5.92 Å². The number of halogens is 1. The van der Waals surface area contributed by atoms with Crippen molar-refractivity contribution in [3.63, 3.8) is 0 Å². The number of carbonyl (C=O) groups excluding carboxylic acids is 3. The van der Waals surface area contributed by atoms with Crippen molar-refractivity contribution in [3.05, 3.63) is 21.9 Å². The van der Waals surface area contributed by atoms with E-state index in [4.69, 9.17) is 9.47 Å². The van der Waals surface area contributed by atoms with Gasteiger partial charge in [-0.3, -0.25) is 14.4 Å². The zero-order valence-electron chi connectivity index (χ0n) is 9.86. The topological polar surface area (TPSA) is 69.7 Å². The second-order valence-electron chi connectivity index (χ2n) is 3.98. The molecule has 2 aliphatic rings. The number of ketones is 2. The molecule has 0 aromatic carbocycles. The van der Waals surface area contributed by atoms with Gasteiger partial charge in [-0.2, -0.15) is 0 Å². The van der Waals surface area contributed by atoms with Gasteiger partial charge < -0.3 is 9.47 Å². The molecule has 2 rings (SSSR count). The van der Waals surface area contributed by atoms with Gasteiger partial charge in [0, 0.05) is 0 Å². The van der Waals surface area contributed by atoms with Crippen LogP contribution in [-0.2, 0) is 23.9 Å². The van der Waals surface area contributed by atoms with Gasteiger partial charge in [-0.15, -0.1) is 0 Å². The minimum Gasteiger partial charge on any atom is -0.489 e. The van der Waals surface area contributed by atoms with Crippen molar-refractivity contribution in [3.8, 4) is 0 Å². The van der Waals surface area contributed by atoms with Crippen LogP contribution in [0.25, 0.3) is 0 Å². The maximum absolute atomic E-state index is 11.9. The molecule has 1 aliphatic heterocycles. The summed E-state index contributed by atoms with van der Waals surface area (Å²) in [6.07, 6.45) is 0.912. The number of allylic oxidation sites excluding steroid dienone is 2. The Kier molecular flexibility index (Phi) is 3.38. The van der Waals surface area contributed by atoms with Crippen LogP contribution in [0, 0.1) is 5.92 Å². The van der Waals surface area contributed by atoms with E-state index in [-0.39, 0.29) is 22.4 Å². The van der Waals surface area contributed by atoms with E-state index in [9.17, 15) is 14.4 Å². The molecule has 0 aromatic heterocycles. The molecular weight excluding hydrogens is 304 g/mol. The highest BCUT2D eigenvalue weighted by molar-refractivity contribution is 9.12. The van der Waals surface area contributed by atoms with Crippen LogP contribution in [0.3, 0.4) is 0 Å². The SMILES string of the molecule is CCOC(=O)C1C2=C(C=C(Br)C(=O)C2=O)OC1C. The van der Waals surface area contributed by atoms with Crippen LogP contribution in [-0.4, -0.2) is 30.2 Å². The Hall–Kier alpha value is -1.43. The average molecular weight is 315 g/mol. The molecule has 0 radical (unpaired) electrons. The number of ether oxygens (including phenoxy) is 2. The number of rotatable bonds is 2. The first-order valence-electron chi connectivity index (χ1n) is 5.51. The number of carbonyl (C=O) groups is 3. The monoisotopic (exact) mass is 314 g/mol. The van der Waals surface area contributed by atoms with Gasteiger partial charge in [-0.05, 0) is 35.9 Å². The van der Waals surface area contributed by atoms with E-state index in [1.807, 2.05) is 0 Å². The summed E-state index contributed by atoms with van der Waals surface area (Å²) >= 11 is 3.00. The van der Waals surface area contributed by atoms with E-state index in [0.717, 1.165) is 0 Å². The first-order valence-corrected chi connectivity index (χ1v) is 6.30. The Labute approximate surface area is 112 Å². The first kappa shape index (κ1) is 13.0. The van der Waals surface area contributed by atoms with Crippen LogP contribution in [0.15, 0.2) is 21.9 Å². The Morgan fingerprint density at radius 2 is 2.11 bits per heavy atom. The summed E-state index contributed by atoms with van der Waals surface area (Å²) in [5.74, 6) is -2.46. The van der Waals surface area contributed by atoms with Crippen LogP contribution < -0.4 is 0 Å². The van der Waals surface area contributed by atoms with E-state index in [0.29, 0.717) is 0 Å². The standard InChI is InChI=1S/C12H11BrO5/c1-3-17-12(16)8-5(2)18-7-4-6(13)10(14)11(15)9(7)8/h4-5,8H,3H2,1-2H3. The number of hydrogen-bond acceptors (Lipinski definition) is 5. The maximum Gasteiger partial charge on any atom is 0.317 e. The summed E-state index contributed by atoms with van der Waals surface area (Å²) < 4.78 is 10.5.